The summed E-state index contributed by atoms with van der Waals surface area (Å²) < 4.78 is 10.6. The number of fused-ring (bicyclic) bond motifs is 3. The van der Waals surface area contributed by atoms with Crippen LogP contribution >= 0.6 is 0 Å². The zero-order chi connectivity index (χ0) is 23.8. The van der Waals surface area contributed by atoms with Gasteiger partial charge in [0.25, 0.3) is 0 Å². The van der Waals surface area contributed by atoms with Gasteiger partial charge < -0.3 is 24.8 Å². The summed E-state index contributed by atoms with van der Waals surface area (Å²) in [6.07, 6.45) is -0.606. The Kier molecular flexibility index (Phi) is 8.43. The molecule has 0 saturated heterocycles. The van der Waals surface area contributed by atoms with E-state index in [1.54, 1.807) is 6.92 Å². The summed E-state index contributed by atoms with van der Waals surface area (Å²) in [4.78, 5) is 37.9. The van der Waals surface area contributed by atoms with Crippen LogP contribution < -0.4 is 5.32 Å². The fraction of sp³-hybridized carbons (Fsp3) is 0.400. The molecule has 2 aromatic carbocycles. The molecule has 8 nitrogen and oxygen atoms in total. The van der Waals surface area contributed by atoms with Gasteiger partial charge >= 0.3 is 12.1 Å². The second-order valence-corrected chi connectivity index (χ2v) is 7.87. The molecule has 1 aliphatic rings. The SMILES string of the molecule is CCN(CCC(=O)O)C(=O)C(CCOC)NC(=O)OCC1c2ccccc2-c2ccccc21. The zero-order valence-corrected chi connectivity index (χ0v) is 19.0. The maximum absolute atomic E-state index is 12.9. The van der Waals surface area contributed by atoms with Crippen LogP contribution in [0.15, 0.2) is 48.5 Å². The number of likely N-dealkylation sites (N-methyl/N-ethyl adjacent to an activating group) is 1. The molecule has 8 heteroatoms. The third-order valence-electron chi connectivity index (χ3n) is 5.83. The highest BCUT2D eigenvalue weighted by atomic mass is 16.5. The number of carboxylic acids is 1. The van der Waals surface area contributed by atoms with Crippen LogP contribution in [0.2, 0.25) is 0 Å². The molecule has 0 spiro atoms. The number of amides is 2. The molecule has 0 saturated carbocycles. The van der Waals surface area contributed by atoms with E-state index in [1.165, 1.54) is 12.0 Å². The van der Waals surface area contributed by atoms with Crippen LogP contribution in [0.5, 0.6) is 0 Å². The van der Waals surface area contributed by atoms with Gasteiger partial charge in [-0.25, -0.2) is 4.79 Å². The average molecular weight is 455 g/mol. The lowest BCUT2D eigenvalue weighted by Crippen LogP contribution is -2.49. The molecule has 3 rings (SSSR count). The van der Waals surface area contributed by atoms with E-state index in [-0.39, 0.29) is 44.4 Å². The van der Waals surface area contributed by atoms with Gasteiger partial charge in [-0.1, -0.05) is 48.5 Å². The highest BCUT2D eigenvalue weighted by Crippen LogP contribution is 2.44. The Morgan fingerprint density at radius 2 is 1.67 bits per heavy atom. The maximum Gasteiger partial charge on any atom is 0.407 e. The standard InChI is InChI=1S/C25H30N2O6/c1-3-27(14-12-23(28)29)24(30)22(13-15-32-2)26-25(31)33-16-21-19-10-6-4-8-17(19)18-9-5-7-11-20(18)21/h4-11,21-22H,3,12-16H2,1-2H3,(H,26,31)(H,28,29). The number of ether oxygens (including phenoxy) is 2. The van der Waals surface area contributed by atoms with Crippen molar-refractivity contribution in [3.63, 3.8) is 0 Å². The first-order chi connectivity index (χ1) is 16.0. The molecule has 1 unspecified atom stereocenters. The van der Waals surface area contributed by atoms with E-state index in [2.05, 4.69) is 17.4 Å². The molecule has 2 N–H and O–H groups in total. The molecule has 0 radical (unpaired) electrons. The van der Waals surface area contributed by atoms with Gasteiger partial charge in [0.1, 0.15) is 12.6 Å². The monoisotopic (exact) mass is 454 g/mol. The number of nitrogens with one attached hydrogen (secondary N) is 1. The zero-order valence-electron chi connectivity index (χ0n) is 19.0. The minimum Gasteiger partial charge on any atom is -0.481 e. The molecule has 0 heterocycles. The van der Waals surface area contributed by atoms with Gasteiger partial charge in [0.05, 0.1) is 6.42 Å². The summed E-state index contributed by atoms with van der Waals surface area (Å²) in [5.74, 6) is -1.43. The van der Waals surface area contributed by atoms with Gasteiger partial charge in [-0.2, -0.15) is 0 Å². The summed E-state index contributed by atoms with van der Waals surface area (Å²) in [6, 6.07) is 15.2. The molecular weight excluding hydrogens is 424 g/mol. The maximum atomic E-state index is 12.9. The second-order valence-electron chi connectivity index (χ2n) is 7.87. The lowest BCUT2D eigenvalue weighted by Gasteiger charge is -2.26. The number of aliphatic carboxylic acids is 1. The molecule has 1 atom stereocenters. The number of nitrogens with zero attached hydrogens (tertiary/aromatic N) is 1. The molecule has 0 aliphatic heterocycles. The van der Waals surface area contributed by atoms with Crippen LogP contribution in [0.25, 0.3) is 11.1 Å². The summed E-state index contributed by atoms with van der Waals surface area (Å²) in [7, 11) is 1.51. The molecule has 0 fully saturated rings. The van der Waals surface area contributed by atoms with E-state index in [9.17, 15) is 14.4 Å². The quantitative estimate of drug-likeness (QED) is 0.540. The number of carbonyl (C=O) groups excluding carboxylic acids is 2. The Hall–Kier alpha value is -3.39. The predicted octanol–water partition coefficient (Wildman–Crippen LogP) is 3.25. The van der Waals surface area contributed by atoms with Crippen LogP contribution in [0, 0.1) is 0 Å². The van der Waals surface area contributed by atoms with Crippen molar-refractivity contribution in [2.45, 2.75) is 31.7 Å². The van der Waals surface area contributed by atoms with Gasteiger partial charge in [0.2, 0.25) is 5.91 Å². The van der Waals surface area contributed by atoms with Crippen LogP contribution in [0.4, 0.5) is 4.79 Å². The largest absolute Gasteiger partial charge is 0.481 e. The van der Waals surface area contributed by atoms with E-state index in [1.807, 2.05) is 36.4 Å². The van der Waals surface area contributed by atoms with E-state index in [0.717, 1.165) is 22.3 Å². The summed E-state index contributed by atoms with van der Waals surface area (Å²) in [5.41, 5.74) is 4.47. The Morgan fingerprint density at radius 1 is 1.06 bits per heavy atom. The van der Waals surface area contributed by atoms with E-state index < -0.39 is 18.1 Å². The van der Waals surface area contributed by atoms with Crippen molar-refractivity contribution in [3.05, 3.63) is 59.7 Å². The van der Waals surface area contributed by atoms with Crippen LogP contribution in [0.1, 0.15) is 36.8 Å². The molecule has 2 aromatic rings. The van der Waals surface area contributed by atoms with Crippen molar-refractivity contribution in [2.24, 2.45) is 0 Å². The summed E-state index contributed by atoms with van der Waals surface area (Å²) in [6.45, 7) is 2.57. The first-order valence-electron chi connectivity index (χ1n) is 11.1. The number of methoxy groups -OCH3 is 1. The number of rotatable bonds is 11. The van der Waals surface area contributed by atoms with E-state index in [0.29, 0.717) is 6.54 Å². The minimum absolute atomic E-state index is 0.0700. The number of alkyl carbamates (subject to hydrolysis) is 1. The second kappa shape index (κ2) is 11.5. The lowest BCUT2D eigenvalue weighted by atomic mass is 9.98. The lowest BCUT2D eigenvalue weighted by molar-refractivity contribution is -0.139. The van der Waals surface area contributed by atoms with Gasteiger partial charge in [-0.15, -0.1) is 0 Å². The summed E-state index contributed by atoms with van der Waals surface area (Å²) in [5, 5.41) is 11.6. The molecule has 1 aliphatic carbocycles. The molecule has 0 aromatic heterocycles. The Labute approximate surface area is 193 Å². The number of hydrogen-bond acceptors (Lipinski definition) is 5. The van der Waals surface area contributed by atoms with Crippen molar-refractivity contribution in [2.75, 3.05) is 33.4 Å². The normalized spacial score (nSPS) is 13.0. The Balaban J connectivity index is 1.66. The first-order valence-corrected chi connectivity index (χ1v) is 11.1. The highest BCUT2D eigenvalue weighted by molar-refractivity contribution is 5.86. The number of hydrogen-bond donors (Lipinski definition) is 2. The fourth-order valence-electron chi connectivity index (χ4n) is 4.15. The van der Waals surface area contributed by atoms with Crippen molar-refractivity contribution < 1.29 is 29.0 Å². The van der Waals surface area contributed by atoms with Crippen molar-refractivity contribution in [3.8, 4) is 11.1 Å². The molecule has 2 amide bonds. The van der Waals surface area contributed by atoms with Crippen molar-refractivity contribution in [1.29, 1.82) is 0 Å². The van der Waals surface area contributed by atoms with Crippen LogP contribution in [-0.2, 0) is 19.1 Å². The van der Waals surface area contributed by atoms with Gasteiger partial charge in [-0.05, 0) is 29.2 Å². The fourth-order valence-corrected chi connectivity index (χ4v) is 4.15. The van der Waals surface area contributed by atoms with Gasteiger partial charge in [0, 0.05) is 39.1 Å². The van der Waals surface area contributed by atoms with E-state index in [4.69, 9.17) is 14.6 Å². The smallest absolute Gasteiger partial charge is 0.407 e. The van der Waals surface area contributed by atoms with Crippen LogP contribution in [0.3, 0.4) is 0 Å². The van der Waals surface area contributed by atoms with E-state index >= 15 is 0 Å². The minimum atomic E-state index is -0.987. The van der Waals surface area contributed by atoms with Crippen molar-refractivity contribution >= 4 is 18.0 Å². The topological polar surface area (TPSA) is 105 Å². The third-order valence-corrected chi connectivity index (χ3v) is 5.83. The Bertz CT molecular complexity index is 947. The molecule has 176 valence electrons. The summed E-state index contributed by atoms with van der Waals surface area (Å²) >= 11 is 0. The number of benzene rings is 2. The number of carboxylic acid groups (broad SMARTS) is 1. The first kappa shape index (κ1) is 24.3. The molecule has 33 heavy (non-hydrogen) atoms. The predicted molar refractivity (Wildman–Crippen MR) is 123 cm³/mol. The van der Waals surface area contributed by atoms with Gasteiger partial charge in [0.15, 0.2) is 0 Å². The highest BCUT2D eigenvalue weighted by Gasteiger charge is 2.30. The van der Waals surface area contributed by atoms with Crippen LogP contribution in [-0.4, -0.2) is 67.4 Å². The Morgan fingerprint density at radius 3 is 2.21 bits per heavy atom. The average Bonchev–Trinajstić information content (AvgIpc) is 3.14. The van der Waals surface area contributed by atoms with Gasteiger partial charge in [-0.3, -0.25) is 9.59 Å². The third kappa shape index (κ3) is 5.90. The van der Waals surface area contributed by atoms with Crippen molar-refractivity contribution in [1.82, 2.24) is 10.2 Å². The number of carbonyl (C=O) groups is 3. The molecular formula is C25H30N2O6. The molecule has 0 bridgehead atoms.